The van der Waals surface area contributed by atoms with Crippen LogP contribution in [0.5, 0.6) is 5.75 Å². The van der Waals surface area contributed by atoms with E-state index in [1.54, 1.807) is 7.05 Å². The van der Waals surface area contributed by atoms with Crippen LogP contribution in [0.3, 0.4) is 0 Å². The van der Waals surface area contributed by atoms with E-state index in [2.05, 4.69) is 15.1 Å². The van der Waals surface area contributed by atoms with Crippen molar-refractivity contribution in [1.82, 2.24) is 15.1 Å². The molecular weight excluding hydrogens is 290 g/mol. The summed E-state index contributed by atoms with van der Waals surface area (Å²) in [4.78, 5) is 15.8. The van der Waals surface area contributed by atoms with Crippen LogP contribution in [0, 0.1) is 0 Å². The molecule has 6 heteroatoms. The molecule has 1 heterocycles. The minimum absolute atomic E-state index is 0.0745. The van der Waals surface area contributed by atoms with Crippen LogP contribution in [0.15, 0.2) is 24.3 Å². The molecule has 1 aliphatic heterocycles. The van der Waals surface area contributed by atoms with Crippen molar-refractivity contribution in [1.29, 1.82) is 0 Å². The van der Waals surface area contributed by atoms with Crippen molar-refractivity contribution in [3.8, 4) is 5.75 Å². The quantitative estimate of drug-likeness (QED) is 0.854. The van der Waals surface area contributed by atoms with E-state index in [1.807, 2.05) is 24.3 Å². The van der Waals surface area contributed by atoms with Gasteiger partial charge in [-0.1, -0.05) is 23.7 Å². The van der Waals surface area contributed by atoms with Gasteiger partial charge >= 0.3 is 0 Å². The molecular formula is C15H22ClN3O2. The first-order chi connectivity index (χ1) is 10.2. The lowest BCUT2D eigenvalue weighted by atomic mass is 10.3. The minimum Gasteiger partial charge on any atom is -0.491 e. The van der Waals surface area contributed by atoms with Crippen molar-refractivity contribution in [2.24, 2.45) is 0 Å². The number of carbonyl (C=O) groups excluding carboxylic acids is 1. The molecule has 116 valence electrons. The van der Waals surface area contributed by atoms with Crippen molar-refractivity contribution in [3.63, 3.8) is 0 Å². The molecule has 1 aromatic rings. The minimum atomic E-state index is 0.0745. The largest absolute Gasteiger partial charge is 0.491 e. The Bertz CT molecular complexity index is 462. The van der Waals surface area contributed by atoms with Crippen LogP contribution >= 0.6 is 11.6 Å². The van der Waals surface area contributed by atoms with Gasteiger partial charge in [-0.25, -0.2) is 0 Å². The Morgan fingerprint density at radius 3 is 2.57 bits per heavy atom. The van der Waals surface area contributed by atoms with Gasteiger partial charge < -0.3 is 10.1 Å². The Kier molecular flexibility index (Phi) is 6.29. The highest BCUT2D eigenvalue weighted by Crippen LogP contribution is 2.22. The Hall–Kier alpha value is -1.30. The molecule has 21 heavy (non-hydrogen) atoms. The van der Waals surface area contributed by atoms with Gasteiger partial charge in [-0.05, 0) is 12.1 Å². The highest BCUT2D eigenvalue weighted by atomic mass is 35.5. The molecule has 1 aliphatic rings. The van der Waals surface area contributed by atoms with Gasteiger partial charge in [-0.2, -0.15) is 0 Å². The van der Waals surface area contributed by atoms with E-state index in [9.17, 15) is 4.79 Å². The third kappa shape index (κ3) is 5.19. The lowest BCUT2D eigenvalue weighted by Gasteiger charge is -2.34. The molecule has 0 aromatic heterocycles. The van der Waals surface area contributed by atoms with Crippen LogP contribution in [0.4, 0.5) is 0 Å². The fourth-order valence-electron chi connectivity index (χ4n) is 2.30. The van der Waals surface area contributed by atoms with Gasteiger partial charge in [0.1, 0.15) is 12.4 Å². The third-order valence-electron chi connectivity index (χ3n) is 3.61. The van der Waals surface area contributed by atoms with Gasteiger partial charge in [0.25, 0.3) is 0 Å². The fraction of sp³-hybridized carbons (Fsp3) is 0.533. The predicted octanol–water partition coefficient (Wildman–Crippen LogP) is 1.08. The third-order valence-corrected chi connectivity index (χ3v) is 3.92. The van der Waals surface area contributed by atoms with Crippen LogP contribution in [-0.2, 0) is 4.79 Å². The number of likely N-dealkylation sites (N-methyl/N-ethyl adjacent to an activating group) is 1. The lowest BCUT2D eigenvalue weighted by Crippen LogP contribution is -2.49. The number of amides is 1. The molecule has 5 nitrogen and oxygen atoms in total. The van der Waals surface area contributed by atoms with E-state index in [0.717, 1.165) is 38.5 Å². The summed E-state index contributed by atoms with van der Waals surface area (Å²) in [5.74, 6) is 0.808. The molecule has 0 saturated carbocycles. The molecule has 0 radical (unpaired) electrons. The molecule has 0 aliphatic carbocycles. The standard InChI is InChI=1S/C15H22ClN3O2/c1-17-15(20)12-19-8-6-18(7-9-19)10-11-21-14-5-3-2-4-13(14)16/h2-5H,6-12H2,1H3,(H,17,20). The number of hydrogen-bond acceptors (Lipinski definition) is 4. The topological polar surface area (TPSA) is 44.8 Å². The summed E-state index contributed by atoms with van der Waals surface area (Å²) >= 11 is 6.04. The van der Waals surface area contributed by atoms with E-state index in [4.69, 9.17) is 16.3 Å². The molecule has 0 unspecified atom stereocenters. The van der Waals surface area contributed by atoms with Crippen LogP contribution in [0.25, 0.3) is 0 Å². The summed E-state index contributed by atoms with van der Waals surface area (Å²) in [6.45, 7) is 5.74. The number of rotatable bonds is 6. The maximum atomic E-state index is 11.3. The van der Waals surface area contributed by atoms with Crippen LogP contribution in [-0.4, -0.2) is 68.6 Å². The first-order valence-corrected chi connectivity index (χ1v) is 7.59. The molecule has 0 spiro atoms. The lowest BCUT2D eigenvalue weighted by molar-refractivity contribution is -0.122. The zero-order chi connectivity index (χ0) is 15.1. The van der Waals surface area contributed by atoms with Gasteiger partial charge in [0.2, 0.25) is 5.91 Å². The Labute approximate surface area is 130 Å². The normalized spacial score (nSPS) is 16.7. The number of carbonyl (C=O) groups is 1. The van der Waals surface area contributed by atoms with Gasteiger partial charge in [-0.3, -0.25) is 14.6 Å². The van der Waals surface area contributed by atoms with Crippen molar-refractivity contribution >= 4 is 17.5 Å². The van der Waals surface area contributed by atoms with Crippen molar-refractivity contribution in [2.75, 3.05) is 52.9 Å². The maximum absolute atomic E-state index is 11.3. The first-order valence-electron chi connectivity index (χ1n) is 7.21. The Balaban J connectivity index is 1.65. The predicted molar refractivity (Wildman–Crippen MR) is 83.9 cm³/mol. The summed E-state index contributed by atoms with van der Waals surface area (Å²) in [5, 5.41) is 3.30. The van der Waals surface area contributed by atoms with Crippen LogP contribution in [0.1, 0.15) is 0 Å². The Morgan fingerprint density at radius 2 is 1.90 bits per heavy atom. The van der Waals surface area contributed by atoms with E-state index < -0.39 is 0 Å². The average Bonchev–Trinajstić information content (AvgIpc) is 2.51. The summed E-state index contributed by atoms with van der Waals surface area (Å²) in [5.41, 5.74) is 0. The number of piperazine rings is 1. The second-order valence-electron chi connectivity index (χ2n) is 5.07. The molecule has 1 saturated heterocycles. The number of hydrogen-bond donors (Lipinski definition) is 1. The van der Waals surface area contributed by atoms with Crippen LogP contribution < -0.4 is 10.1 Å². The van der Waals surface area contributed by atoms with Crippen molar-refractivity contribution in [2.45, 2.75) is 0 Å². The second-order valence-corrected chi connectivity index (χ2v) is 5.48. The van der Waals surface area contributed by atoms with Gasteiger partial charge in [-0.15, -0.1) is 0 Å². The number of nitrogens with one attached hydrogen (secondary N) is 1. The smallest absolute Gasteiger partial charge is 0.233 e. The second kappa shape index (κ2) is 8.22. The van der Waals surface area contributed by atoms with E-state index in [1.165, 1.54) is 0 Å². The zero-order valence-electron chi connectivity index (χ0n) is 12.3. The highest BCUT2D eigenvalue weighted by Gasteiger charge is 2.18. The van der Waals surface area contributed by atoms with Crippen LogP contribution in [0.2, 0.25) is 5.02 Å². The summed E-state index contributed by atoms with van der Waals surface area (Å²) in [7, 11) is 1.67. The fourth-order valence-corrected chi connectivity index (χ4v) is 2.49. The maximum Gasteiger partial charge on any atom is 0.233 e. The SMILES string of the molecule is CNC(=O)CN1CCN(CCOc2ccccc2Cl)CC1. The Morgan fingerprint density at radius 1 is 1.24 bits per heavy atom. The molecule has 1 amide bonds. The summed E-state index contributed by atoms with van der Waals surface area (Å²) in [6.07, 6.45) is 0. The molecule has 0 bridgehead atoms. The average molecular weight is 312 g/mol. The van der Waals surface area contributed by atoms with E-state index in [0.29, 0.717) is 18.2 Å². The number of benzene rings is 1. The number of ether oxygens (including phenoxy) is 1. The van der Waals surface area contributed by atoms with E-state index >= 15 is 0 Å². The number of nitrogens with zero attached hydrogens (tertiary/aromatic N) is 2. The summed E-state index contributed by atoms with van der Waals surface area (Å²) < 4.78 is 5.70. The molecule has 1 N–H and O–H groups in total. The van der Waals surface area contributed by atoms with E-state index in [-0.39, 0.29) is 5.91 Å². The number of halogens is 1. The first kappa shape index (κ1) is 16.1. The van der Waals surface area contributed by atoms with Gasteiger partial charge in [0.05, 0.1) is 11.6 Å². The van der Waals surface area contributed by atoms with Gasteiger partial charge in [0.15, 0.2) is 0 Å². The monoisotopic (exact) mass is 311 g/mol. The number of para-hydroxylation sites is 1. The van der Waals surface area contributed by atoms with Gasteiger partial charge in [0, 0.05) is 39.8 Å². The molecule has 0 atom stereocenters. The molecule has 1 aromatic carbocycles. The van der Waals surface area contributed by atoms with Crippen molar-refractivity contribution < 1.29 is 9.53 Å². The summed E-state index contributed by atoms with van der Waals surface area (Å²) in [6, 6.07) is 7.51. The van der Waals surface area contributed by atoms with Crippen molar-refractivity contribution in [3.05, 3.63) is 29.3 Å². The zero-order valence-corrected chi connectivity index (χ0v) is 13.1. The highest BCUT2D eigenvalue weighted by molar-refractivity contribution is 6.32. The molecule has 2 rings (SSSR count). The molecule has 1 fully saturated rings.